The molecule has 1 rings (SSSR count). The Morgan fingerprint density at radius 1 is 1.22 bits per heavy atom. The van der Waals surface area contributed by atoms with E-state index in [4.69, 9.17) is 3.07 Å². The van der Waals surface area contributed by atoms with E-state index >= 15 is 0 Å². The van der Waals surface area contributed by atoms with E-state index < -0.39 is 0 Å². The molecule has 0 aliphatic heterocycles. The van der Waals surface area contributed by atoms with E-state index in [1.54, 1.807) is 0 Å². The highest BCUT2D eigenvalue weighted by Gasteiger charge is 2.26. The summed E-state index contributed by atoms with van der Waals surface area (Å²) in [6, 6.07) is 0. The molecule has 0 saturated carbocycles. The molecule has 0 fully saturated rings. The maximum Gasteiger partial charge on any atom is 0.192 e. The van der Waals surface area contributed by atoms with Gasteiger partial charge in [0.25, 0.3) is 0 Å². The van der Waals surface area contributed by atoms with Crippen LogP contribution in [0.15, 0.2) is 82.7 Å². The number of rotatable bonds is 8. The summed E-state index contributed by atoms with van der Waals surface area (Å²) in [5, 5.41) is 0. The Hall–Kier alpha value is -1.29. The fraction of sp³-hybridized carbons (Fsp3) is 0.440. The standard InChI is InChI=1S/C25H35IO/c1-7-11-22(19-23(27-26)12-8-2)15-9-13-20(3)16-17-24-21(4)14-10-18-25(24,5)6/h7,9,11-13,15-17,19H,8,10,14,18H2,1-6H3/b11-7-,15-9+,17-16+,20-13+,22-19+,23-12-. The highest BCUT2D eigenvalue weighted by atomic mass is 127. The minimum absolute atomic E-state index is 0.290. The van der Waals surface area contributed by atoms with Crippen molar-refractivity contribution in [1.82, 2.24) is 0 Å². The first-order valence-corrected chi connectivity index (χ1v) is 10.8. The summed E-state index contributed by atoms with van der Waals surface area (Å²) in [7, 11) is 0. The Balaban J connectivity index is 2.93. The first-order valence-electron chi connectivity index (χ1n) is 9.90. The molecule has 148 valence electrons. The van der Waals surface area contributed by atoms with Gasteiger partial charge in [-0.2, -0.15) is 0 Å². The summed E-state index contributed by atoms with van der Waals surface area (Å²) >= 11 is 1.93. The molecule has 0 aromatic rings. The summed E-state index contributed by atoms with van der Waals surface area (Å²) in [5.41, 5.74) is 5.71. The summed E-state index contributed by atoms with van der Waals surface area (Å²) in [4.78, 5) is 0. The molecule has 0 radical (unpaired) electrons. The summed E-state index contributed by atoms with van der Waals surface area (Å²) in [6.07, 6.45) is 24.0. The number of allylic oxidation sites excluding steroid dienone is 13. The number of hydrogen-bond donors (Lipinski definition) is 0. The van der Waals surface area contributed by atoms with Crippen LogP contribution in [-0.2, 0) is 3.07 Å². The van der Waals surface area contributed by atoms with Crippen molar-refractivity contribution in [2.24, 2.45) is 5.41 Å². The lowest BCUT2D eigenvalue weighted by atomic mass is 9.72. The van der Waals surface area contributed by atoms with Crippen molar-refractivity contribution < 1.29 is 3.07 Å². The molecule has 2 heteroatoms. The van der Waals surface area contributed by atoms with Crippen LogP contribution in [0.3, 0.4) is 0 Å². The summed E-state index contributed by atoms with van der Waals surface area (Å²) in [6.45, 7) is 13.3. The topological polar surface area (TPSA) is 9.23 Å². The third-order valence-corrected chi connectivity index (χ3v) is 5.37. The monoisotopic (exact) mass is 478 g/mol. The van der Waals surface area contributed by atoms with Crippen LogP contribution in [0.5, 0.6) is 0 Å². The molecule has 0 bridgehead atoms. The Morgan fingerprint density at radius 2 is 1.96 bits per heavy atom. The zero-order valence-electron chi connectivity index (χ0n) is 17.8. The molecule has 1 aliphatic carbocycles. The van der Waals surface area contributed by atoms with Gasteiger partial charge in [-0.25, -0.2) is 0 Å². The van der Waals surface area contributed by atoms with Crippen molar-refractivity contribution in [2.45, 2.75) is 67.2 Å². The Bertz CT molecular complexity index is 694. The fourth-order valence-corrected chi connectivity index (χ4v) is 3.72. The Morgan fingerprint density at radius 3 is 2.56 bits per heavy atom. The number of halogens is 1. The molecule has 0 N–H and O–H groups in total. The van der Waals surface area contributed by atoms with Gasteiger partial charge < -0.3 is 3.07 Å². The van der Waals surface area contributed by atoms with Gasteiger partial charge in [0.1, 0.15) is 5.76 Å². The average Bonchev–Trinajstić information content (AvgIpc) is 2.60. The maximum absolute atomic E-state index is 5.39. The van der Waals surface area contributed by atoms with Gasteiger partial charge in [0.2, 0.25) is 0 Å². The highest BCUT2D eigenvalue weighted by Crippen LogP contribution is 2.40. The normalized spacial score (nSPS) is 19.7. The van der Waals surface area contributed by atoms with Gasteiger partial charge in [0, 0.05) is 0 Å². The minimum Gasteiger partial charge on any atom is -0.428 e. The zero-order valence-corrected chi connectivity index (χ0v) is 20.0. The SMILES string of the molecule is C\C=C/C(/C=C/C=C(C)/C=C/C1=C(C)CCCC1(C)C)=C\C(=C\CC)OI. The van der Waals surface area contributed by atoms with Gasteiger partial charge in [0.05, 0.1) is 0 Å². The molecule has 0 aromatic heterocycles. The maximum atomic E-state index is 5.39. The lowest BCUT2D eigenvalue weighted by molar-refractivity contribution is 0.377. The zero-order chi connectivity index (χ0) is 20.3. The van der Waals surface area contributed by atoms with E-state index in [1.807, 2.05) is 36.0 Å². The molecular weight excluding hydrogens is 443 g/mol. The Labute approximate surface area is 181 Å². The predicted octanol–water partition coefficient (Wildman–Crippen LogP) is 8.73. The number of hydrogen-bond acceptors (Lipinski definition) is 1. The fourth-order valence-electron chi connectivity index (χ4n) is 3.41. The molecule has 1 aliphatic rings. The predicted molar refractivity (Wildman–Crippen MR) is 129 cm³/mol. The van der Waals surface area contributed by atoms with Crippen LogP contribution in [0.1, 0.15) is 67.2 Å². The van der Waals surface area contributed by atoms with Crippen molar-refractivity contribution in [2.75, 3.05) is 0 Å². The van der Waals surface area contributed by atoms with Crippen molar-refractivity contribution in [3.8, 4) is 0 Å². The van der Waals surface area contributed by atoms with Crippen LogP contribution in [0.25, 0.3) is 0 Å². The molecule has 0 unspecified atom stereocenters. The minimum atomic E-state index is 0.290. The van der Waals surface area contributed by atoms with Gasteiger partial charge in [-0.3, -0.25) is 0 Å². The molecule has 0 spiro atoms. The molecular formula is C25H35IO. The van der Waals surface area contributed by atoms with E-state index in [2.05, 4.69) is 83.2 Å². The summed E-state index contributed by atoms with van der Waals surface area (Å²) < 4.78 is 5.39. The van der Waals surface area contributed by atoms with Crippen LogP contribution in [0, 0.1) is 5.41 Å². The van der Waals surface area contributed by atoms with Crippen molar-refractivity contribution in [1.29, 1.82) is 0 Å². The lowest BCUT2D eigenvalue weighted by Crippen LogP contribution is -2.19. The molecule has 1 nitrogen and oxygen atoms in total. The molecule has 0 heterocycles. The molecule has 0 atom stereocenters. The van der Waals surface area contributed by atoms with E-state index in [-0.39, 0.29) is 5.41 Å². The third-order valence-electron chi connectivity index (χ3n) is 4.87. The highest BCUT2D eigenvalue weighted by molar-refractivity contribution is 14.1. The first kappa shape index (κ1) is 23.7. The van der Waals surface area contributed by atoms with E-state index in [1.165, 1.54) is 36.0 Å². The second-order valence-corrected chi connectivity index (χ2v) is 8.21. The molecule has 0 amide bonds. The van der Waals surface area contributed by atoms with Gasteiger partial charge >= 0.3 is 0 Å². The molecule has 0 saturated heterocycles. The van der Waals surface area contributed by atoms with Gasteiger partial charge in [-0.1, -0.05) is 74.4 Å². The van der Waals surface area contributed by atoms with Gasteiger partial charge in [0.15, 0.2) is 23.0 Å². The summed E-state index contributed by atoms with van der Waals surface area (Å²) in [5.74, 6) is 0.887. The third kappa shape index (κ3) is 8.50. The van der Waals surface area contributed by atoms with E-state index in [0.717, 1.165) is 17.8 Å². The van der Waals surface area contributed by atoms with Crippen molar-refractivity contribution in [3.05, 3.63) is 82.7 Å². The second-order valence-electron chi connectivity index (χ2n) is 7.77. The van der Waals surface area contributed by atoms with E-state index in [0.29, 0.717) is 0 Å². The van der Waals surface area contributed by atoms with E-state index in [9.17, 15) is 0 Å². The second kappa shape index (κ2) is 12.2. The largest absolute Gasteiger partial charge is 0.428 e. The Kier molecular flexibility index (Phi) is 10.8. The van der Waals surface area contributed by atoms with Crippen LogP contribution in [-0.4, -0.2) is 0 Å². The quantitative estimate of drug-likeness (QED) is 0.193. The van der Waals surface area contributed by atoms with Crippen molar-refractivity contribution >= 4 is 23.0 Å². The van der Waals surface area contributed by atoms with Crippen LogP contribution < -0.4 is 0 Å². The van der Waals surface area contributed by atoms with Crippen molar-refractivity contribution in [3.63, 3.8) is 0 Å². The first-order chi connectivity index (χ1) is 12.8. The molecule has 0 aromatic carbocycles. The van der Waals surface area contributed by atoms with Gasteiger partial charge in [-0.05, 0) is 75.2 Å². The lowest BCUT2D eigenvalue weighted by Gasteiger charge is -2.32. The smallest absolute Gasteiger partial charge is 0.192 e. The van der Waals surface area contributed by atoms with Gasteiger partial charge in [-0.15, -0.1) is 0 Å². The average molecular weight is 478 g/mol. The van der Waals surface area contributed by atoms with Crippen LogP contribution in [0.4, 0.5) is 0 Å². The van der Waals surface area contributed by atoms with Crippen LogP contribution in [0.2, 0.25) is 0 Å². The van der Waals surface area contributed by atoms with Crippen LogP contribution >= 0.6 is 23.0 Å². The molecule has 27 heavy (non-hydrogen) atoms.